The van der Waals surface area contributed by atoms with Crippen LogP contribution >= 0.6 is 15.8 Å². The maximum atomic E-state index is 6.48. The van der Waals surface area contributed by atoms with E-state index in [0.29, 0.717) is 0 Å². The van der Waals surface area contributed by atoms with Gasteiger partial charge in [-0.1, -0.05) is 140 Å². The monoisotopic (exact) mass is 536 g/mol. The number of furan rings is 1. The van der Waals surface area contributed by atoms with Crippen LogP contribution in [0.25, 0.3) is 21.9 Å². The zero-order valence-corrected chi connectivity index (χ0v) is 23.1. The Balaban J connectivity index is 1.59. The van der Waals surface area contributed by atoms with Crippen LogP contribution in [-0.4, -0.2) is 0 Å². The molecule has 0 amide bonds. The minimum atomic E-state index is -0.826. The van der Waals surface area contributed by atoms with Gasteiger partial charge in [-0.2, -0.15) is 0 Å². The summed E-state index contributed by atoms with van der Waals surface area (Å²) in [5.74, 6) is 0. The number of hydrogen-bond acceptors (Lipinski definition) is 1. The second-order valence-corrected chi connectivity index (χ2v) is 13.8. The van der Waals surface area contributed by atoms with E-state index in [4.69, 9.17) is 4.42 Å². The van der Waals surface area contributed by atoms with E-state index in [-0.39, 0.29) is 0 Å². The first-order valence-electron chi connectivity index (χ1n) is 13.1. The molecule has 0 bridgehead atoms. The molecule has 0 unspecified atom stereocenters. The fourth-order valence-corrected chi connectivity index (χ4v) is 10.6. The SMILES string of the molecule is c1ccc(P(c2ccccc2)c2cc3oc4ccccc4c3cc2P(c2ccccc2)c2ccccc2)cc1. The highest BCUT2D eigenvalue weighted by Gasteiger charge is 2.27. The van der Waals surface area contributed by atoms with Crippen molar-refractivity contribution in [1.29, 1.82) is 0 Å². The lowest BCUT2D eigenvalue weighted by Gasteiger charge is -2.27. The molecule has 7 aromatic rings. The number of hydrogen-bond donors (Lipinski definition) is 0. The molecule has 3 heteroatoms. The van der Waals surface area contributed by atoms with Crippen molar-refractivity contribution in [3.63, 3.8) is 0 Å². The van der Waals surface area contributed by atoms with E-state index in [0.717, 1.165) is 11.2 Å². The van der Waals surface area contributed by atoms with Crippen molar-refractivity contribution < 1.29 is 4.42 Å². The Labute approximate surface area is 231 Å². The fourth-order valence-electron chi connectivity index (χ4n) is 5.27. The van der Waals surface area contributed by atoms with Crippen LogP contribution in [0.2, 0.25) is 0 Å². The number of para-hydroxylation sites is 1. The molecule has 6 aromatic carbocycles. The van der Waals surface area contributed by atoms with Crippen LogP contribution in [-0.2, 0) is 0 Å². The summed E-state index contributed by atoms with van der Waals surface area (Å²) in [5.41, 5.74) is 1.88. The molecule has 1 aromatic heterocycles. The Bertz CT molecular complexity index is 1770. The molecule has 0 N–H and O–H groups in total. The van der Waals surface area contributed by atoms with Gasteiger partial charge in [0.15, 0.2) is 0 Å². The molecule has 39 heavy (non-hydrogen) atoms. The van der Waals surface area contributed by atoms with E-state index in [1.165, 1.54) is 42.6 Å². The van der Waals surface area contributed by atoms with Gasteiger partial charge in [-0.25, -0.2) is 0 Å². The van der Waals surface area contributed by atoms with Crippen molar-refractivity contribution in [2.24, 2.45) is 0 Å². The van der Waals surface area contributed by atoms with E-state index in [2.05, 4.69) is 152 Å². The van der Waals surface area contributed by atoms with Crippen molar-refractivity contribution in [3.8, 4) is 0 Å². The smallest absolute Gasteiger partial charge is 0.136 e. The summed E-state index contributed by atoms with van der Waals surface area (Å²) in [4.78, 5) is 0. The molecule has 0 radical (unpaired) electrons. The Kier molecular flexibility index (Phi) is 6.55. The summed E-state index contributed by atoms with van der Waals surface area (Å²) in [6.45, 7) is 0. The third-order valence-corrected chi connectivity index (χ3v) is 12.2. The predicted octanol–water partition coefficient (Wildman–Crippen LogP) is 7.10. The van der Waals surface area contributed by atoms with E-state index in [1.807, 2.05) is 6.07 Å². The molecule has 1 nitrogen and oxygen atoms in total. The normalized spacial score (nSPS) is 11.5. The Morgan fingerprint density at radius 3 is 1.18 bits per heavy atom. The van der Waals surface area contributed by atoms with Gasteiger partial charge in [0.2, 0.25) is 0 Å². The molecule has 0 aliphatic carbocycles. The van der Waals surface area contributed by atoms with E-state index in [9.17, 15) is 0 Å². The van der Waals surface area contributed by atoms with Crippen LogP contribution in [0.3, 0.4) is 0 Å². The number of benzene rings is 6. The quantitative estimate of drug-likeness (QED) is 0.207. The fraction of sp³-hybridized carbons (Fsp3) is 0. The zero-order chi connectivity index (χ0) is 26.0. The molecule has 186 valence electrons. The molecule has 7 rings (SSSR count). The molecule has 0 aliphatic heterocycles. The molecular formula is C36H26OP2. The lowest BCUT2D eigenvalue weighted by molar-refractivity contribution is 0.669. The van der Waals surface area contributed by atoms with Gasteiger partial charge in [0.25, 0.3) is 0 Å². The Morgan fingerprint density at radius 1 is 0.333 bits per heavy atom. The van der Waals surface area contributed by atoms with Crippen molar-refractivity contribution in [2.45, 2.75) is 0 Å². The van der Waals surface area contributed by atoms with Gasteiger partial charge in [0, 0.05) is 10.8 Å². The number of fused-ring (bicyclic) bond motifs is 3. The molecule has 0 spiro atoms. The highest BCUT2D eigenvalue weighted by molar-refractivity contribution is 7.85. The highest BCUT2D eigenvalue weighted by atomic mass is 31.1. The number of rotatable bonds is 6. The van der Waals surface area contributed by atoms with E-state index < -0.39 is 15.8 Å². The third-order valence-electron chi connectivity index (χ3n) is 7.01. The molecule has 0 aliphatic rings. The summed E-state index contributed by atoms with van der Waals surface area (Å²) in [5, 5.41) is 10.5. The first kappa shape index (κ1) is 24.1. The Hall–Kier alpha value is -4.02. The largest absolute Gasteiger partial charge is 0.456 e. The van der Waals surface area contributed by atoms with E-state index >= 15 is 0 Å². The van der Waals surface area contributed by atoms with Gasteiger partial charge in [-0.05, 0) is 65.9 Å². The van der Waals surface area contributed by atoms with Crippen LogP contribution in [0.1, 0.15) is 0 Å². The average molecular weight is 537 g/mol. The lowest BCUT2D eigenvalue weighted by Crippen LogP contribution is -2.34. The summed E-state index contributed by atoms with van der Waals surface area (Å²) >= 11 is 0. The van der Waals surface area contributed by atoms with Crippen molar-refractivity contribution in [1.82, 2.24) is 0 Å². The lowest BCUT2D eigenvalue weighted by atomic mass is 10.1. The first-order chi connectivity index (χ1) is 19.4. The molecule has 1 heterocycles. The standard InChI is InChI=1S/C36H26OP2/c1-5-15-27(16-6-1)38(28-17-7-2-8-18-28)35-25-32-31-23-13-14-24-33(31)37-34(32)26-36(35)39(29-19-9-3-10-20-29)30-21-11-4-12-22-30/h1-26H. The van der Waals surface area contributed by atoms with E-state index in [1.54, 1.807) is 0 Å². The second kappa shape index (κ2) is 10.6. The molecule has 0 atom stereocenters. The Morgan fingerprint density at radius 2 is 0.718 bits per heavy atom. The molecule has 0 saturated carbocycles. The summed E-state index contributed by atoms with van der Waals surface area (Å²) in [6, 6.07) is 57.1. The van der Waals surface area contributed by atoms with Gasteiger partial charge in [-0.3, -0.25) is 0 Å². The van der Waals surface area contributed by atoms with Crippen molar-refractivity contribution in [3.05, 3.63) is 158 Å². The maximum Gasteiger partial charge on any atom is 0.136 e. The third kappa shape index (κ3) is 4.59. The maximum absolute atomic E-state index is 6.48. The topological polar surface area (TPSA) is 13.1 Å². The predicted molar refractivity (Wildman–Crippen MR) is 171 cm³/mol. The zero-order valence-electron chi connectivity index (χ0n) is 21.3. The summed E-state index contributed by atoms with van der Waals surface area (Å²) in [7, 11) is -1.64. The summed E-state index contributed by atoms with van der Waals surface area (Å²) in [6.07, 6.45) is 0. The molecule has 0 saturated heterocycles. The summed E-state index contributed by atoms with van der Waals surface area (Å²) < 4.78 is 6.48. The average Bonchev–Trinajstić information content (AvgIpc) is 3.37. The van der Waals surface area contributed by atoms with Crippen LogP contribution in [0.15, 0.2) is 162 Å². The van der Waals surface area contributed by atoms with Crippen LogP contribution in [0.5, 0.6) is 0 Å². The second-order valence-electron chi connectivity index (χ2n) is 9.45. The van der Waals surface area contributed by atoms with Crippen molar-refractivity contribution >= 4 is 69.6 Å². The molecule has 0 fully saturated rings. The minimum Gasteiger partial charge on any atom is -0.456 e. The minimum absolute atomic E-state index is 0.815. The molecular weight excluding hydrogens is 510 g/mol. The van der Waals surface area contributed by atoms with Gasteiger partial charge in [0.1, 0.15) is 11.2 Å². The van der Waals surface area contributed by atoms with Gasteiger partial charge in [0.05, 0.1) is 0 Å². The van der Waals surface area contributed by atoms with Gasteiger partial charge >= 0.3 is 0 Å². The van der Waals surface area contributed by atoms with Crippen LogP contribution in [0, 0.1) is 0 Å². The van der Waals surface area contributed by atoms with Crippen LogP contribution < -0.4 is 31.8 Å². The van der Waals surface area contributed by atoms with Gasteiger partial charge < -0.3 is 4.42 Å². The first-order valence-corrected chi connectivity index (χ1v) is 15.8. The van der Waals surface area contributed by atoms with Gasteiger partial charge in [-0.15, -0.1) is 0 Å². The van der Waals surface area contributed by atoms with Crippen molar-refractivity contribution in [2.75, 3.05) is 0 Å². The highest BCUT2D eigenvalue weighted by Crippen LogP contribution is 2.41. The van der Waals surface area contributed by atoms with Crippen LogP contribution in [0.4, 0.5) is 0 Å².